The quantitative estimate of drug-likeness (QED) is 0.855. The largest absolute Gasteiger partial charge is 0.351 e. The monoisotopic (exact) mass is 232 g/mol. The number of urea groups is 1. The van der Waals surface area contributed by atoms with Crippen molar-refractivity contribution in [3.63, 3.8) is 0 Å². The normalized spacial score (nSPS) is 20.2. The molecule has 1 aromatic rings. The van der Waals surface area contributed by atoms with E-state index in [0.29, 0.717) is 6.04 Å². The van der Waals surface area contributed by atoms with Crippen LogP contribution >= 0.6 is 0 Å². The van der Waals surface area contributed by atoms with Gasteiger partial charge < -0.3 is 10.6 Å². The van der Waals surface area contributed by atoms with Gasteiger partial charge in [-0.25, -0.2) is 4.79 Å². The van der Waals surface area contributed by atoms with Crippen molar-refractivity contribution in [1.82, 2.24) is 4.90 Å². The van der Waals surface area contributed by atoms with Gasteiger partial charge in [0.25, 0.3) is 0 Å². The lowest BCUT2D eigenvalue weighted by molar-refractivity contribution is 0.154. The highest BCUT2D eigenvalue weighted by atomic mass is 16.2. The minimum Gasteiger partial charge on any atom is -0.351 e. The predicted octanol–water partition coefficient (Wildman–Crippen LogP) is 2.55. The molecule has 1 aliphatic heterocycles. The van der Waals surface area contributed by atoms with Gasteiger partial charge in [-0.05, 0) is 37.7 Å². The molecule has 3 nitrogen and oxygen atoms in total. The van der Waals surface area contributed by atoms with Gasteiger partial charge in [0.15, 0.2) is 0 Å². The van der Waals surface area contributed by atoms with E-state index in [9.17, 15) is 4.79 Å². The molecule has 2 amide bonds. The van der Waals surface area contributed by atoms with Crippen molar-refractivity contribution in [2.45, 2.75) is 38.1 Å². The molecule has 1 saturated heterocycles. The summed E-state index contributed by atoms with van der Waals surface area (Å²) in [4.78, 5) is 13.2. The zero-order chi connectivity index (χ0) is 12.1. The molecular formula is C14H20N2O. The summed E-state index contributed by atoms with van der Waals surface area (Å²) in [6, 6.07) is 10.5. The van der Waals surface area contributed by atoms with Crippen molar-refractivity contribution in [3.8, 4) is 0 Å². The zero-order valence-corrected chi connectivity index (χ0v) is 10.1. The van der Waals surface area contributed by atoms with Crippen molar-refractivity contribution < 1.29 is 4.79 Å². The minimum absolute atomic E-state index is 0.261. The third-order valence-corrected chi connectivity index (χ3v) is 3.52. The van der Waals surface area contributed by atoms with Gasteiger partial charge in [0.2, 0.25) is 0 Å². The molecule has 0 bridgehead atoms. The summed E-state index contributed by atoms with van der Waals surface area (Å²) in [7, 11) is 0. The van der Waals surface area contributed by atoms with Crippen LogP contribution in [-0.2, 0) is 6.42 Å². The number of hydrogen-bond donors (Lipinski definition) is 1. The van der Waals surface area contributed by atoms with Crippen LogP contribution < -0.4 is 5.73 Å². The molecule has 0 radical (unpaired) electrons. The molecule has 1 aromatic carbocycles. The van der Waals surface area contributed by atoms with Crippen molar-refractivity contribution in [1.29, 1.82) is 0 Å². The van der Waals surface area contributed by atoms with Gasteiger partial charge in [-0.2, -0.15) is 0 Å². The molecule has 1 fully saturated rings. The lowest BCUT2D eigenvalue weighted by Gasteiger charge is -2.34. The van der Waals surface area contributed by atoms with Crippen molar-refractivity contribution >= 4 is 6.03 Å². The summed E-state index contributed by atoms with van der Waals surface area (Å²) >= 11 is 0. The second kappa shape index (κ2) is 5.71. The molecule has 17 heavy (non-hydrogen) atoms. The van der Waals surface area contributed by atoms with Gasteiger partial charge in [-0.15, -0.1) is 0 Å². The average Bonchev–Trinajstić information content (AvgIpc) is 2.38. The number of piperidine rings is 1. The van der Waals surface area contributed by atoms with Gasteiger partial charge in [0.05, 0.1) is 0 Å². The van der Waals surface area contributed by atoms with Crippen LogP contribution in [0, 0.1) is 0 Å². The molecule has 1 unspecified atom stereocenters. The average molecular weight is 232 g/mol. The molecule has 0 aliphatic carbocycles. The Hall–Kier alpha value is -1.51. The van der Waals surface area contributed by atoms with Crippen LogP contribution in [0.4, 0.5) is 4.79 Å². The number of likely N-dealkylation sites (tertiary alicyclic amines) is 1. The highest BCUT2D eigenvalue weighted by Gasteiger charge is 2.24. The molecule has 0 spiro atoms. The summed E-state index contributed by atoms with van der Waals surface area (Å²) in [5.41, 5.74) is 6.75. The summed E-state index contributed by atoms with van der Waals surface area (Å²) in [5.74, 6) is 0. The van der Waals surface area contributed by atoms with Crippen LogP contribution in [0.1, 0.15) is 31.2 Å². The van der Waals surface area contributed by atoms with Gasteiger partial charge >= 0.3 is 6.03 Å². The number of primary amides is 1. The molecule has 92 valence electrons. The number of amides is 2. The first-order valence-electron chi connectivity index (χ1n) is 6.37. The molecule has 1 atom stereocenters. The van der Waals surface area contributed by atoms with E-state index in [1.165, 1.54) is 12.0 Å². The van der Waals surface area contributed by atoms with Crippen LogP contribution in [0.2, 0.25) is 0 Å². The third-order valence-electron chi connectivity index (χ3n) is 3.52. The Labute approximate surface area is 103 Å². The van der Waals surface area contributed by atoms with Crippen LogP contribution in [0.5, 0.6) is 0 Å². The summed E-state index contributed by atoms with van der Waals surface area (Å²) < 4.78 is 0. The molecule has 0 saturated carbocycles. The number of hydrogen-bond acceptors (Lipinski definition) is 1. The van der Waals surface area contributed by atoms with Crippen molar-refractivity contribution in [2.75, 3.05) is 6.54 Å². The Morgan fingerprint density at radius 2 is 2.06 bits per heavy atom. The zero-order valence-electron chi connectivity index (χ0n) is 10.1. The summed E-state index contributed by atoms with van der Waals surface area (Å²) in [6.45, 7) is 0.828. The Morgan fingerprint density at radius 3 is 2.76 bits per heavy atom. The van der Waals surface area contributed by atoms with E-state index in [1.54, 1.807) is 0 Å². The second-order valence-corrected chi connectivity index (χ2v) is 4.71. The molecule has 3 heteroatoms. The van der Waals surface area contributed by atoms with Crippen LogP contribution in [0.25, 0.3) is 0 Å². The van der Waals surface area contributed by atoms with Crippen LogP contribution in [-0.4, -0.2) is 23.5 Å². The van der Waals surface area contributed by atoms with E-state index < -0.39 is 0 Å². The Bertz CT molecular complexity index is 364. The molecular weight excluding hydrogens is 212 g/mol. The van der Waals surface area contributed by atoms with Crippen molar-refractivity contribution in [3.05, 3.63) is 35.9 Å². The number of nitrogens with zero attached hydrogens (tertiary/aromatic N) is 1. The topological polar surface area (TPSA) is 46.3 Å². The maximum absolute atomic E-state index is 11.3. The fourth-order valence-electron chi connectivity index (χ4n) is 2.57. The third kappa shape index (κ3) is 3.22. The Morgan fingerprint density at radius 1 is 1.29 bits per heavy atom. The van der Waals surface area contributed by atoms with E-state index >= 15 is 0 Å². The SMILES string of the molecule is NC(=O)N1CCCCC1CCc1ccccc1. The maximum Gasteiger partial charge on any atom is 0.315 e. The van der Waals surface area contributed by atoms with E-state index in [-0.39, 0.29) is 6.03 Å². The molecule has 1 aliphatic rings. The summed E-state index contributed by atoms with van der Waals surface area (Å²) in [6.07, 6.45) is 5.44. The first-order valence-corrected chi connectivity index (χ1v) is 6.37. The van der Waals surface area contributed by atoms with E-state index in [4.69, 9.17) is 5.73 Å². The second-order valence-electron chi connectivity index (χ2n) is 4.71. The lowest BCUT2D eigenvalue weighted by atomic mass is 9.96. The highest BCUT2D eigenvalue weighted by molar-refractivity contribution is 5.72. The fraction of sp³-hybridized carbons (Fsp3) is 0.500. The summed E-state index contributed by atoms with van der Waals surface area (Å²) in [5, 5.41) is 0. The number of carbonyl (C=O) groups is 1. The van der Waals surface area contributed by atoms with Crippen molar-refractivity contribution in [2.24, 2.45) is 5.73 Å². The van der Waals surface area contributed by atoms with Gasteiger partial charge in [-0.1, -0.05) is 30.3 Å². The molecule has 2 N–H and O–H groups in total. The highest BCUT2D eigenvalue weighted by Crippen LogP contribution is 2.20. The number of aryl methyl sites for hydroxylation is 1. The van der Waals surface area contributed by atoms with Gasteiger partial charge in [0.1, 0.15) is 0 Å². The minimum atomic E-state index is -0.261. The van der Waals surface area contributed by atoms with E-state index in [1.807, 2.05) is 11.0 Å². The van der Waals surface area contributed by atoms with Gasteiger partial charge in [-0.3, -0.25) is 0 Å². The van der Waals surface area contributed by atoms with E-state index in [0.717, 1.165) is 32.2 Å². The number of carbonyl (C=O) groups excluding carboxylic acids is 1. The lowest BCUT2D eigenvalue weighted by Crippen LogP contribution is -2.46. The molecule has 2 rings (SSSR count). The molecule has 0 aromatic heterocycles. The predicted molar refractivity (Wildman–Crippen MR) is 68.7 cm³/mol. The van der Waals surface area contributed by atoms with E-state index in [2.05, 4.69) is 24.3 Å². The van der Waals surface area contributed by atoms with Crippen LogP contribution in [0.3, 0.4) is 0 Å². The standard InChI is InChI=1S/C14H20N2O/c15-14(17)16-11-5-4-8-13(16)10-9-12-6-2-1-3-7-12/h1-3,6-7,13H,4-5,8-11H2,(H2,15,17). The maximum atomic E-state index is 11.3. The van der Waals surface area contributed by atoms with Crippen LogP contribution in [0.15, 0.2) is 30.3 Å². The Balaban J connectivity index is 1.90. The first-order chi connectivity index (χ1) is 8.27. The number of benzene rings is 1. The number of rotatable bonds is 3. The Kier molecular flexibility index (Phi) is 4.02. The molecule has 1 heterocycles. The number of nitrogens with two attached hydrogens (primary N) is 1. The first kappa shape index (κ1) is 12.0. The fourth-order valence-corrected chi connectivity index (χ4v) is 2.57. The van der Waals surface area contributed by atoms with Gasteiger partial charge in [0, 0.05) is 12.6 Å². The smallest absolute Gasteiger partial charge is 0.315 e.